The van der Waals surface area contributed by atoms with Gasteiger partial charge in [0.15, 0.2) is 0 Å². The SMILES string of the molecule is C#CCNC1(CN)CCC(C(F)(F)F)CC1. The lowest BCUT2D eigenvalue weighted by Gasteiger charge is -2.40. The molecule has 0 heterocycles. The molecule has 0 atom stereocenters. The molecule has 1 saturated carbocycles. The van der Waals surface area contributed by atoms with Crippen molar-refractivity contribution in [3.8, 4) is 12.3 Å². The standard InChI is InChI=1S/C11H17F3N2/c1-2-7-16-10(8-15)5-3-9(4-6-10)11(12,13)14/h1,9,16H,3-8,15H2. The minimum atomic E-state index is -4.08. The molecule has 0 aromatic rings. The maximum Gasteiger partial charge on any atom is 0.391 e. The Balaban J connectivity index is 2.54. The van der Waals surface area contributed by atoms with Crippen LogP contribution < -0.4 is 11.1 Å². The molecule has 0 aliphatic heterocycles. The zero-order valence-corrected chi connectivity index (χ0v) is 9.11. The van der Waals surface area contributed by atoms with Crippen molar-refractivity contribution in [2.45, 2.75) is 37.4 Å². The molecule has 1 aliphatic carbocycles. The van der Waals surface area contributed by atoms with Gasteiger partial charge in [0, 0.05) is 12.1 Å². The highest BCUT2D eigenvalue weighted by Gasteiger charge is 2.45. The molecule has 1 fully saturated rings. The zero-order valence-electron chi connectivity index (χ0n) is 9.11. The predicted octanol–water partition coefficient (Wildman–Crippen LogP) is 1.66. The third-order valence-corrected chi connectivity index (χ3v) is 3.36. The van der Waals surface area contributed by atoms with E-state index in [1.165, 1.54) is 0 Å². The molecule has 2 nitrogen and oxygen atoms in total. The van der Waals surface area contributed by atoms with Gasteiger partial charge >= 0.3 is 6.18 Å². The maximum absolute atomic E-state index is 12.5. The number of terminal acetylenes is 1. The second-order valence-electron chi connectivity index (χ2n) is 4.36. The number of halogens is 3. The molecule has 0 aromatic heterocycles. The van der Waals surface area contributed by atoms with Gasteiger partial charge in [-0.3, -0.25) is 5.32 Å². The largest absolute Gasteiger partial charge is 0.391 e. The van der Waals surface area contributed by atoms with Crippen LogP contribution in [0.25, 0.3) is 0 Å². The van der Waals surface area contributed by atoms with Gasteiger partial charge in [-0.05, 0) is 25.7 Å². The van der Waals surface area contributed by atoms with E-state index in [0.29, 0.717) is 25.9 Å². The van der Waals surface area contributed by atoms with E-state index in [-0.39, 0.29) is 12.8 Å². The zero-order chi connectivity index (χ0) is 12.2. The molecule has 1 aliphatic rings. The summed E-state index contributed by atoms with van der Waals surface area (Å²) in [6.45, 7) is 0.688. The van der Waals surface area contributed by atoms with Crippen LogP contribution in [0.3, 0.4) is 0 Å². The van der Waals surface area contributed by atoms with Gasteiger partial charge in [-0.2, -0.15) is 13.2 Å². The molecule has 16 heavy (non-hydrogen) atoms. The van der Waals surface area contributed by atoms with Gasteiger partial charge in [0.1, 0.15) is 0 Å². The minimum Gasteiger partial charge on any atom is -0.329 e. The van der Waals surface area contributed by atoms with Gasteiger partial charge in [0.2, 0.25) is 0 Å². The van der Waals surface area contributed by atoms with E-state index < -0.39 is 17.6 Å². The van der Waals surface area contributed by atoms with Crippen LogP contribution in [0.4, 0.5) is 13.2 Å². The van der Waals surface area contributed by atoms with E-state index in [1.54, 1.807) is 0 Å². The first kappa shape index (κ1) is 13.3. The predicted molar refractivity (Wildman–Crippen MR) is 56.6 cm³/mol. The van der Waals surface area contributed by atoms with Crippen molar-refractivity contribution in [3.63, 3.8) is 0 Å². The van der Waals surface area contributed by atoms with Gasteiger partial charge in [-0.25, -0.2) is 0 Å². The minimum absolute atomic E-state index is 0.137. The lowest BCUT2D eigenvalue weighted by Crippen LogP contribution is -2.54. The Labute approximate surface area is 93.8 Å². The Morgan fingerprint density at radius 1 is 1.38 bits per heavy atom. The van der Waals surface area contributed by atoms with Gasteiger partial charge in [0.05, 0.1) is 12.5 Å². The highest BCUT2D eigenvalue weighted by atomic mass is 19.4. The third kappa shape index (κ3) is 3.13. The molecular weight excluding hydrogens is 217 g/mol. The summed E-state index contributed by atoms with van der Waals surface area (Å²) in [6.07, 6.45) is 2.20. The molecule has 0 amide bonds. The van der Waals surface area contributed by atoms with Crippen LogP contribution in [0.15, 0.2) is 0 Å². The number of alkyl halides is 3. The van der Waals surface area contributed by atoms with Crippen molar-refractivity contribution < 1.29 is 13.2 Å². The molecule has 5 heteroatoms. The Bertz CT molecular complexity index is 259. The summed E-state index contributed by atoms with van der Waals surface area (Å²) in [5.41, 5.74) is 5.23. The van der Waals surface area contributed by atoms with Gasteiger partial charge in [-0.15, -0.1) is 6.42 Å². The second kappa shape index (κ2) is 5.07. The normalized spacial score (nSPS) is 31.1. The summed E-state index contributed by atoms with van der Waals surface area (Å²) in [5.74, 6) is 1.25. The number of hydrogen-bond donors (Lipinski definition) is 2. The Hall–Kier alpha value is -0.730. The van der Waals surface area contributed by atoms with Crippen molar-refractivity contribution in [1.82, 2.24) is 5.32 Å². The highest BCUT2D eigenvalue weighted by Crippen LogP contribution is 2.40. The summed E-state index contributed by atoms with van der Waals surface area (Å²) >= 11 is 0. The van der Waals surface area contributed by atoms with E-state index in [0.717, 1.165) is 0 Å². The number of nitrogens with two attached hydrogens (primary N) is 1. The summed E-state index contributed by atoms with van der Waals surface area (Å²) in [4.78, 5) is 0. The van der Waals surface area contributed by atoms with E-state index >= 15 is 0 Å². The number of rotatable bonds is 3. The van der Waals surface area contributed by atoms with E-state index in [4.69, 9.17) is 12.2 Å². The van der Waals surface area contributed by atoms with Crippen LogP contribution in [-0.2, 0) is 0 Å². The van der Waals surface area contributed by atoms with Crippen LogP contribution in [0.5, 0.6) is 0 Å². The topological polar surface area (TPSA) is 38.0 Å². The maximum atomic E-state index is 12.5. The monoisotopic (exact) mass is 234 g/mol. The molecule has 0 unspecified atom stereocenters. The molecule has 0 radical (unpaired) electrons. The summed E-state index contributed by atoms with van der Waals surface area (Å²) in [5, 5.41) is 3.08. The Morgan fingerprint density at radius 2 is 1.94 bits per heavy atom. The molecule has 0 saturated heterocycles. The smallest absolute Gasteiger partial charge is 0.329 e. The van der Waals surface area contributed by atoms with Gasteiger partial charge < -0.3 is 5.73 Å². The second-order valence-corrected chi connectivity index (χ2v) is 4.36. The van der Waals surface area contributed by atoms with Crippen molar-refractivity contribution in [3.05, 3.63) is 0 Å². The molecule has 0 spiro atoms. The van der Waals surface area contributed by atoms with Crippen LogP contribution in [0.1, 0.15) is 25.7 Å². The number of hydrogen-bond acceptors (Lipinski definition) is 2. The lowest BCUT2D eigenvalue weighted by atomic mass is 9.76. The van der Waals surface area contributed by atoms with Crippen molar-refractivity contribution in [2.24, 2.45) is 11.7 Å². The van der Waals surface area contributed by atoms with Crippen LogP contribution in [0.2, 0.25) is 0 Å². The lowest BCUT2D eigenvalue weighted by molar-refractivity contribution is -0.185. The van der Waals surface area contributed by atoms with E-state index in [2.05, 4.69) is 11.2 Å². The fourth-order valence-corrected chi connectivity index (χ4v) is 2.19. The molecular formula is C11H17F3N2. The van der Waals surface area contributed by atoms with E-state index in [9.17, 15) is 13.2 Å². The Kier molecular flexibility index (Phi) is 4.22. The van der Waals surface area contributed by atoms with Crippen LogP contribution in [0, 0.1) is 18.3 Å². The fourth-order valence-electron chi connectivity index (χ4n) is 2.19. The quantitative estimate of drug-likeness (QED) is 0.729. The number of nitrogens with one attached hydrogen (secondary N) is 1. The van der Waals surface area contributed by atoms with Crippen molar-refractivity contribution in [1.29, 1.82) is 0 Å². The first-order valence-corrected chi connectivity index (χ1v) is 5.39. The average molecular weight is 234 g/mol. The Morgan fingerprint density at radius 3 is 2.31 bits per heavy atom. The molecule has 0 aromatic carbocycles. The van der Waals surface area contributed by atoms with Gasteiger partial charge in [-0.1, -0.05) is 5.92 Å². The summed E-state index contributed by atoms with van der Waals surface area (Å²) < 4.78 is 37.4. The fraction of sp³-hybridized carbons (Fsp3) is 0.818. The van der Waals surface area contributed by atoms with Gasteiger partial charge in [0.25, 0.3) is 0 Å². The average Bonchev–Trinajstić information content (AvgIpc) is 2.26. The molecule has 92 valence electrons. The molecule has 3 N–H and O–H groups in total. The molecule has 0 bridgehead atoms. The first-order chi connectivity index (χ1) is 7.43. The van der Waals surface area contributed by atoms with Crippen LogP contribution in [-0.4, -0.2) is 24.8 Å². The third-order valence-electron chi connectivity index (χ3n) is 3.36. The summed E-state index contributed by atoms with van der Waals surface area (Å²) in [7, 11) is 0. The first-order valence-electron chi connectivity index (χ1n) is 5.39. The van der Waals surface area contributed by atoms with Crippen molar-refractivity contribution >= 4 is 0 Å². The highest BCUT2D eigenvalue weighted by molar-refractivity contribution is 4.99. The molecule has 1 rings (SSSR count). The van der Waals surface area contributed by atoms with E-state index in [1.807, 2.05) is 0 Å². The van der Waals surface area contributed by atoms with Crippen molar-refractivity contribution in [2.75, 3.05) is 13.1 Å². The summed E-state index contributed by atoms with van der Waals surface area (Å²) in [6, 6.07) is 0. The van der Waals surface area contributed by atoms with Crippen LogP contribution >= 0.6 is 0 Å².